The van der Waals surface area contributed by atoms with Gasteiger partial charge in [0.1, 0.15) is 0 Å². The van der Waals surface area contributed by atoms with Crippen LogP contribution in [0, 0.1) is 0 Å². The van der Waals surface area contributed by atoms with Crippen LogP contribution in [0.15, 0.2) is 0 Å². The molecule has 0 aromatic carbocycles. The van der Waals surface area contributed by atoms with Crippen molar-refractivity contribution < 1.29 is 12.6 Å². The minimum Gasteiger partial charge on any atom is -0.270 e. The van der Waals surface area contributed by atoms with Crippen LogP contribution in [0.5, 0.6) is 0 Å². The second-order valence-electron chi connectivity index (χ2n) is 5.27. The molecule has 116 valence electrons. The molecule has 0 amide bonds. The molecule has 4 heteroatoms. The fraction of sp³-hybridized carbons (Fsp3) is 1.00. The van der Waals surface area contributed by atoms with E-state index in [1.165, 1.54) is 51.4 Å². The van der Waals surface area contributed by atoms with Crippen LogP contribution in [-0.2, 0) is 14.3 Å². The van der Waals surface area contributed by atoms with Gasteiger partial charge in [0.2, 0.25) is 0 Å². The predicted molar refractivity (Wildman–Crippen MR) is 81.9 cm³/mol. The van der Waals surface area contributed by atoms with E-state index in [-0.39, 0.29) is 5.75 Å². The van der Waals surface area contributed by atoms with E-state index in [1.54, 1.807) is 0 Å². The van der Waals surface area contributed by atoms with Gasteiger partial charge in [0.05, 0.1) is 12.4 Å². The minimum absolute atomic E-state index is 0.144. The van der Waals surface area contributed by atoms with Crippen molar-refractivity contribution in [1.82, 2.24) is 0 Å². The van der Waals surface area contributed by atoms with Crippen molar-refractivity contribution in [3.8, 4) is 0 Å². The van der Waals surface area contributed by atoms with E-state index in [4.69, 9.17) is 4.18 Å². The molecule has 0 bridgehead atoms. The first-order valence-electron chi connectivity index (χ1n) is 7.99. The van der Waals surface area contributed by atoms with E-state index in [0.29, 0.717) is 13.0 Å². The van der Waals surface area contributed by atoms with Crippen molar-refractivity contribution in [2.24, 2.45) is 0 Å². The van der Waals surface area contributed by atoms with Gasteiger partial charge < -0.3 is 0 Å². The third-order valence-corrected chi connectivity index (χ3v) is 4.65. The zero-order valence-electron chi connectivity index (χ0n) is 12.8. The quantitative estimate of drug-likeness (QED) is 0.345. The zero-order valence-corrected chi connectivity index (χ0v) is 13.6. The van der Waals surface area contributed by atoms with E-state index in [2.05, 4.69) is 6.92 Å². The summed E-state index contributed by atoms with van der Waals surface area (Å²) in [4.78, 5) is 0. The van der Waals surface area contributed by atoms with Crippen LogP contribution in [-0.4, -0.2) is 20.8 Å². The fourth-order valence-electron chi connectivity index (χ4n) is 2.08. The van der Waals surface area contributed by atoms with Crippen molar-refractivity contribution in [3.63, 3.8) is 0 Å². The van der Waals surface area contributed by atoms with E-state index >= 15 is 0 Å². The first-order chi connectivity index (χ1) is 9.12. The Labute approximate surface area is 120 Å². The Kier molecular flexibility index (Phi) is 12.9. The van der Waals surface area contributed by atoms with Gasteiger partial charge in [-0.2, -0.15) is 8.42 Å². The lowest BCUT2D eigenvalue weighted by molar-refractivity contribution is 0.306. The Balaban J connectivity index is 3.19. The molecule has 0 atom stereocenters. The third kappa shape index (κ3) is 14.1. The van der Waals surface area contributed by atoms with Crippen molar-refractivity contribution in [1.29, 1.82) is 0 Å². The Morgan fingerprint density at radius 2 is 1.16 bits per heavy atom. The normalized spacial score (nSPS) is 11.9. The molecule has 0 aliphatic heterocycles. The van der Waals surface area contributed by atoms with Crippen LogP contribution >= 0.6 is 0 Å². The molecule has 3 nitrogen and oxygen atoms in total. The summed E-state index contributed by atoms with van der Waals surface area (Å²) in [5, 5.41) is 0. The summed E-state index contributed by atoms with van der Waals surface area (Å²) in [6.07, 6.45) is 13.1. The van der Waals surface area contributed by atoms with E-state index in [1.807, 2.05) is 6.92 Å². The monoisotopic (exact) mass is 292 g/mol. The molecule has 0 heterocycles. The lowest BCUT2D eigenvalue weighted by Crippen LogP contribution is -2.10. The largest absolute Gasteiger partial charge is 0.270 e. The van der Waals surface area contributed by atoms with Gasteiger partial charge in [-0.1, -0.05) is 71.6 Å². The maximum absolute atomic E-state index is 11.3. The molecule has 19 heavy (non-hydrogen) atoms. The molecule has 0 saturated carbocycles. The molecule has 0 aliphatic rings. The van der Waals surface area contributed by atoms with E-state index < -0.39 is 10.1 Å². The highest BCUT2D eigenvalue weighted by molar-refractivity contribution is 7.86. The molecule has 0 aromatic rings. The molecule has 0 rings (SSSR count). The lowest BCUT2D eigenvalue weighted by Gasteiger charge is -2.04. The van der Waals surface area contributed by atoms with Gasteiger partial charge in [0, 0.05) is 0 Å². The first kappa shape index (κ1) is 18.9. The molecular weight excluding hydrogens is 260 g/mol. The van der Waals surface area contributed by atoms with Crippen LogP contribution in [0.25, 0.3) is 0 Å². The SMILES string of the molecule is CCCCCCCCCCCCOS(=O)(=O)CCC. The Hall–Kier alpha value is -0.0900. The third-order valence-electron chi connectivity index (χ3n) is 3.21. The maximum atomic E-state index is 11.3. The second kappa shape index (κ2) is 12.9. The highest BCUT2D eigenvalue weighted by atomic mass is 32.2. The molecular formula is C15H32O3S. The second-order valence-corrected chi connectivity index (χ2v) is 7.03. The number of hydrogen-bond donors (Lipinski definition) is 0. The topological polar surface area (TPSA) is 43.4 Å². The van der Waals surface area contributed by atoms with Gasteiger partial charge in [0.25, 0.3) is 10.1 Å². The summed E-state index contributed by atoms with van der Waals surface area (Å²) in [6, 6.07) is 0. The highest BCUT2D eigenvalue weighted by Gasteiger charge is 2.08. The average molecular weight is 292 g/mol. The van der Waals surface area contributed by atoms with Crippen molar-refractivity contribution >= 4 is 10.1 Å². The molecule has 0 fully saturated rings. The number of hydrogen-bond acceptors (Lipinski definition) is 3. The maximum Gasteiger partial charge on any atom is 0.267 e. The Morgan fingerprint density at radius 1 is 0.684 bits per heavy atom. The molecule has 0 saturated heterocycles. The van der Waals surface area contributed by atoms with E-state index in [0.717, 1.165) is 12.8 Å². The van der Waals surface area contributed by atoms with Gasteiger partial charge >= 0.3 is 0 Å². The molecule has 0 aliphatic carbocycles. The molecule has 0 unspecified atom stereocenters. The summed E-state index contributed by atoms with van der Waals surface area (Å²) < 4.78 is 27.5. The summed E-state index contributed by atoms with van der Waals surface area (Å²) in [5.74, 6) is 0.144. The Bertz CT molecular complexity index is 273. The van der Waals surface area contributed by atoms with Gasteiger partial charge in [0.15, 0.2) is 0 Å². The van der Waals surface area contributed by atoms with Crippen LogP contribution < -0.4 is 0 Å². The smallest absolute Gasteiger partial charge is 0.267 e. The van der Waals surface area contributed by atoms with Crippen molar-refractivity contribution in [2.75, 3.05) is 12.4 Å². The average Bonchev–Trinajstić information content (AvgIpc) is 2.36. The summed E-state index contributed by atoms with van der Waals surface area (Å²) in [6.45, 7) is 4.45. The summed E-state index contributed by atoms with van der Waals surface area (Å²) in [7, 11) is -3.24. The lowest BCUT2D eigenvalue weighted by atomic mass is 10.1. The highest BCUT2D eigenvalue weighted by Crippen LogP contribution is 2.10. The molecule has 0 N–H and O–H groups in total. The fourth-order valence-corrected chi connectivity index (χ4v) is 3.07. The first-order valence-corrected chi connectivity index (χ1v) is 9.57. The standard InChI is InChI=1S/C15H32O3S/c1-3-5-6-7-8-9-10-11-12-13-14-18-19(16,17)15-4-2/h3-15H2,1-2H3. The van der Waals surface area contributed by atoms with Gasteiger partial charge in [-0.15, -0.1) is 0 Å². The van der Waals surface area contributed by atoms with Crippen LogP contribution in [0.1, 0.15) is 84.5 Å². The predicted octanol–water partition coefficient (Wildman–Crippen LogP) is 4.66. The van der Waals surface area contributed by atoms with Crippen LogP contribution in [0.4, 0.5) is 0 Å². The van der Waals surface area contributed by atoms with Gasteiger partial charge in [-0.25, -0.2) is 0 Å². The molecule has 0 radical (unpaired) electrons. The van der Waals surface area contributed by atoms with E-state index in [9.17, 15) is 8.42 Å². The van der Waals surface area contributed by atoms with Gasteiger partial charge in [-0.3, -0.25) is 4.18 Å². The molecule has 0 spiro atoms. The van der Waals surface area contributed by atoms with Crippen LogP contribution in [0.3, 0.4) is 0 Å². The molecule has 0 aromatic heterocycles. The summed E-state index contributed by atoms with van der Waals surface area (Å²) >= 11 is 0. The number of rotatable bonds is 14. The zero-order chi connectivity index (χ0) is 14.4. The van der Waals surface area contributed by atoms with Crippen molar-refractivity contribution in [2.45, 2.75) is 84.5 Å². The van der Waals surface area contributed by atoms with Crippen molar-refractivity contribution in [3.05, 3.63) is 0 Å². The van der Waals surface area contributed by atoms with Gasteiger partial charge in [-0.05, 0) is 12.8 Å². The number of unbranched alkanes of at least 4 members (excludes halogenated alkanes) is 9. The summed E-state index contributed by atoms with van der Waals surface area (Å²) in [5.41, 5.74) is 0. The van der Waals surface area contributed by atoms with Crippen LogP contribution in [0.2, 0.25) is 0 Å². The Morgan fingerprint density at radius 3 is 1.63 bits per heavy atom. The minimum atomic E-state index is -3.24.